The minimum absolute atomic E-state index is 0.0362. The van der Waals surface area contributed by atoms with Gasteiger partial charge in [0.15, 0.2) is 0 Å². The fourth-order valence-corrected chi connectivity index (χ4v) is 1.23. The van der Waals surface area contributed by atoms with Crippen LogP contribution in [0.1, 0.15) is 12.8 Å². The van der Waals surface area contributed by atoms with E-state index in [1.54, 1.807) is 13.1 Å². The molecule has 0 aliphatic heterocycles. The number of hydrogen-bond acceptors (Lipinski definition) is 2. The zero-order valence-electron chi connectivity index (χ0n) is 8.93. The predicted octanol–water partition coefficient (Wildman–Crippen LogP) is 2.38. The van der Waals surface area contributed by atoms with E-state index < -0.39 is 5.82 Å². The van der Waals surface area contributed by atoms with Crippen LogP contribution in [0.3, 0.4) is 0 Å². The van der Waals surface area contributed by atoms with Gasteiger partial charge in [-0.3, -0.25) is 4.79 Å². The van der Waals surface area contributed by atoms with Crippen LogP contribution in [0.15, 0.2) is 18.2 Å². The molecule has 0 aliphatic carbocycles. The molecule has 0 fully saturated rings. The number of nitrogens with one attached hydrogen (secondary N) is 1. The Morgan fingerprint density at radius 2 is 2.31 bits per heavy atom. The molecule has 3 nitrogen and oxygen atoms in total. The molecule has 5 heteroatoms. The molecule has 0 radical (unpaired) electrons. The third-order valence-electron chi connectivity index (χ3n) is 1.99. The summed E-state index contributed by atoms with van der Waals surface area (Å²) < 4.78 is 18.3. The van der Waals surface area contributed by atoms with E-state index in [0.29, 0.717) is 25.2 Å². The average molecular weight is 246 g/mol. The van der Waals surface area contributed by atoms with Crippen LogP contribution in [-0.4, -0.2) is 19.6 Å². The molecule has 1 aromatic carbocycles. The van der Waals surface area contributed by atoms with Crippen LogP contribution >= 0.6 is 11.6 Å². The molecule has 0 aromatic heterocycles. The van der Waals surface area contributed by atoms with Crippen molar-refractivity contribution in [1.82, 2.24) is 5.32 Å². The van der Waals surface area contributed by atoms with Crippen molar-refractivity contribution in [2.45, 2.75) is 12.8 Å². The van der Waals surface area contributed by atoms with E-state index >= 15 is 0 Å². The van der Waals surface area contributed by atoms with Crippen molar-refractivity contribution in [3.8, 4) is 5.75 Å². The number of halogens is 2. The van der Waals surface area contributed by atoms with Crippen molar-refractivity contribution in [1.29, 1.82) is 0 Å². The first-order valence-corrected chi connectivity index (χ1v) is 5.29. The van der Waals surface area contributed by atoms with Gasteiger partial charge in [-0.15, -0.1) is 0 Å². The third kappa shape index (κ3) is 4.06. The first kappa shape index (κ1) is 12.8. The quantitative estimate of drug-likeness (QED) is 0.809. The maximum absolute atomic E-state index is 13.0. The minimum atomic E-state index is -0.509. The molecule has 0 saturated heterocycles. The number of carbonyl (C=O) groups excluding carboxylic acids is 1. The molecular formula is C11H13ClFNO2. The number of ether oxygens (including phenoxy) is 1. The van der Waals surface area contributed by atoms with E-state index in [4.69, 9.17) is 16.3 Å². The van der Waals surface area contributed by atoms with Crippen molar-refractivity contribution in [2.24, 2.45) is 0 Å². The first-order valence-electron chi connectivity index (χ1n) is 4.92. The lowest BCUT2D eigenvalue weighted by atomic mass is 10.3. The van der Waals surface area contributed by atoms with Crippen molar-refractivity contribution in [2.75, 3.05) is 13.7 Å². The second kappa shape index (κ2) is 6.33. The van der Waals surface area contributed by atoms with Crippen molar-refractivity contribution in [3.63, 3.8) is 0 Å². The van der Waals surface area contributed by atoms with Crippen LogP contribution in [0.2, 0.25) is 5.02 Å². The van der Waals surface area contributed by atoms with E-state index in [1.807, 2.05) is 0 Å². The fourth-order valence-electron chi connectivity index (χ4n) is 1.11. The number of hydrogen-bond donors (Lipinski definition) is 1. The molecule has 1 rings (SSSR count). The Kier molecular flexibility index (Phi) is 5.05. The van der Waals surface area contributed by atoms with Crippen molar-refractivity contribution < 1.29 is 13.9 Å². The minimum Gasteiger partial charge on any atom is -0.493 e. The number of carbonyl (C=O) groups is 1. The van der Waals surface area contributed by atoms with Gasteiger partial charge in [0.2, 0.25) is 5.91 Å². The molecule has 1 amide bonds. The lowest BCUT2D eigenvalue weighted by Crippen LogP contribution is -2.18. The van der Waals surface area contributed by atoms with E-state index in [2.05, 4.69) is 5.32 Å². The van der Waals surface area contributed by atoms with Crippen LogP contribution in [-0.2, 0) is 4.79 Å². The topological polar surface area (TPSA) is 38.3 Å². The summed E-state index contributed by atoms with van der Waals surface area (Å²) >= 11 is 5.52. The SMILES string of the molecule is CNC(=O)CCCOc1ccc(Cl)c(F)c1. The van der Waals surface area contributed by atoms with Crippen molar-refractivity contribution in [3.05, 3.63) is 29.0 Å². The van der Waals surface area contributed by atoms with Gasteiger partial charge in [-0.25, -0.2) is 4.39 Å². The van der Waals surface area contributed by atoms with E-state index in [-0.39, 0.29) is 10.9 Å². The molecule has 88 valence electrons. The summed E-state index contributed by atoms with van der Waals surface area (Å²) in [6, 6.07) is 4.25. The molecule has 1 N–H and O–H groups in total. The maximum atomic E-state index is 13.0. The molecule has 0 spiro atoms. The molecule has 0 unspecified atom stereocenters. The fraction of sp³-hybridized carbons (Fsp3) is 0.364. The Bertz CT molecular complexity index is 371. The summed E-state index contributed by atoms with van der Waals surface area (Å²) in [6.07, 6.45) is 0.983. The first-order chi connectivity index (χ1) is 7.63. The summed E-state index contributed by atoms with van der Waals surface area (Å²) in [7, 11) is 1.58. The Labute approximate surface area is 98.5 Å². The highest BCUT2D eigenvalue weighted by atomic mass is 35.5. The largest absolute Gasteiger partial charge is 0.493 e. The van der Waals surface area contributed by atoms with Gasteiger partial charge in [0.25, 0.3) is 0 Å². The zero-order valence-corrected chi connectivity index (χ0v) is 9.68. The van der Waals surface area contributed by atoms with Gasteiger partial charge < -0.3 is 10.1 Å². The summed E-state index contributed by atoms with van der Waals surface area (Å²) in [5, 5.41) is 2.58. The van der Waals surface area contributed by atoms with Crippen LogP contribution in [0.25, 0.3) is 0 Å². The van der Waals surface area contributed by atoms with E-state index in [1.165, 1.54) is 12.1 Å². The second-order valence-corrected chi connectivity index (χ2v) is 3.61. The molecule has 16 heavy (non-hydrogen) atoms. The highest BCUT2D eigenvalue weighted by Crippen LogP contribution is 2.20. The zero-order chi connectivity index (χ0) is 12.0. The van der Waals surface area contributed by atoms with Gasteiger partial charge in [0.1, 0.15) is 11.6 Å². The molecule has 0 aliphatic rings. The highest BCUT2D eigenvalue weighted by Gasteiger charge is 2.02. The van der Waals surface area contributed by atoms with Gasteiger partial charge in [-0.05, 0) is 18.6 Å². The molecule has 1 aromatic rings. The van der Waals surface area contributed by atoms with Gasteiger partial charge in [-0.2, -0.15) is 0 Å². The summed E-state index contributed by atoms with van der Waals surface area (Å²) in [4.78, 5) is 10.9. The Hall–Kier alpha value is -1.29. The van der Waals surface area contributed by atoms with Crippen LogP contribution in [0.4, 0.5) is 4.39 Å². The second-order valence-electron chi connectivity index (χ2n) is 3.20. The van der Waals surface area contributed by atoms with E-state index in [0.717, 1.165) is 0 Å². The monoisotopic (exact) mass is 245 g/mol. The molecule has 0 heterocycles. The Balaban J connectivity index is 2.32. The lowest BCUT2D eigenvalue weighted by molar-refractivity contribution is -0.120. The Morgan fingerprint density at radius 1 is 1.56 bits per heavy atom. The number of amides is 1. The molecular weight excluding hydrogens is 233 g/mol. The summed E-state index contributed by atoms with van der Waals surface area (Å²) in [5.41, 5.74) is 0. The third-order valence-corrected chi connectivity index (χ3v) is 2.29. The number of benzene rings is 1. The average Bonchev–Trinajstić information content (AvgIpc) is 2.28. The van der Waals surface area contributed by atoms with Gasteiger partial charge >= 0.3 is 0 Å². The maximum Gasteiger partial charge on any atom is 0.219 e. The van der Waals surface area contributed by atoms with Crippen LogP contribution in [0, 0.1) is 5.82 Å². The van der Waals surface area contributed by atoms with Gasteiger partial charge in [0.05, 0.1) is 11.6 Å². The predicted molar refractivity (Wildman–Crippen MR) is 60.2 cm³/mol. The smallest absolute Gasteiger partial charge is 0.219 e. The summed E-state index contributed by atoms with van der Waals surface area (Å²) in [5.74, 6) is -0.129. The lowest BCUT2D eigenvalue weighted by Gasteiger charge is -2.06. The molecule has 0 saturated carbocycles. The number of rotatable bonds is 5. The normalized spacial score (nSPS) is 9.94. The molecule has 0 bridgehead atoms. The van der Waals surface area contributed by atoms with Crippen molar-refractivity contribution >= 4 is 17.5 Å². The summed E-state index contributed by atoms with van der Waals surface area (Å²) in [6.45, 7) is 0.370. The molecule has 0 atom stereocenters. The standard InChI is InChI=1S/C11H13ClFNO2/c1-14-11(15)3-2-6-16-8-4-5-9(12)10(13)7-8/h4-5,7H,2-3,6H2,1H3,(H,14,15). The van der Waals surface area contributed by atoms with E-state index in [9.17, 15) is 9.18 Å². The highest BCUT2D eigenvalue weighted by molar-refractivity contribution is 6.30. The van der Waals surface area contributed by atoms with Gasteiger partial charge in [-0.1, -0.05) is 11.6 Å². The Morgan fingerprint density at radius 3 is 2.94 bits per heavy atom. The van der Waals surface area contributed by atoms with Crippen LogP contribution in [0.5, 0.6) is 5.75 Å². The van der Waals surface area contributed by atoms with Crippen LogP contribution < -0.4 is 10.1 Å². The van der Waals surface area contributed by atoms with Gasteiger partial charge in [0, 0.05) is 19.5 Å².